The van der Waals surface area contributed by atoms with Crippen LogP contribution >= 0.6 is 11.6 Å². The number of carbonyl (C=O) groups excluding carboxylic acids is 1. The Morgan fingerprint density at radius 2 is 2.39 bits per heavy atom. The first-order valence-corrected chi connectivity index (χ1v) is 6.82. The van der Waals surface area contributed by atoms with E-state index in [0.717, 1.165) is 31.4 Å². The molecule has 0 saturated carbocycles. The average molecular weight is 267 g/mol. The lowest BCUT2D eigenvalue weighted by Gasteiger charge is -2.26. The highest BCUT2D eigenvalue weighted by molar-refractivity contribution is 6.30. The molecule has 0 radical (unpaired) electrons. The van der Waals surface area contributed by atoms with E-state index in [1.807, 2.05) is 24.3 Å². The Morgan fingerprint density at radius 3 is 3.00 bits per heavy atom. The van der Waals surface area contributed by atoms with E-state index >= 15 is 0 Å². The van der Waals surface area contributed by atoms with E-state index in [0.29, 0.717) is 11.6 Å². The molecule has 1 aliphatic rings. The van der Waals surface area contributed by atoms with Gasteiger partial charge in [0.05, 0.1) is 5.54 Å². The minimum absolute atomic E-state index is 0.0995. The number of carbonyl (C=O) groups is 1. The second-order valence-electron chi connectivity index (χ2n) is 4.78. The summed E-state index contributed by atoms with van der Waals surface area (Å²) >= 11 is 5.92. The van der Waals surface area contributed by atoms with Crippen LogP contribution in [-0.4, -0.2) is 18.0 Å². The van der Waals surface area contributed by atoms with Crippen molar-refractivity contribution in [2.45, 2.75) is 38.3 Å². The largest absolute Gasteiger partial charge is 0.350 e. The third-order valence-electron chi connectivity index (χ3n) is 3.62. The van der Waals surface area contributed by atoms with Gasteiger partial charge in [-0.3, -0.25) is 4.79 Å². The molecule has 0 aromatic heterocycles. The first-order valence-electron chi connectivity index (χ1n) is 6.44. The van der Waals surface area contributed by atoms with E-state index in [9.17, 15) is 4.79 Å². The summed E-state index contributed by atoms with van der Waals surface area (Å²) in [5.41, 5.74) is 0.665. The fraction of sp³-hybridized carbons (Fsp3) is 0.500. The summed E-state index contributed by atoms with van der Waals surface area (Å²) in [6, 6.07) is 7.57. The predicted octanol–water partition coefficient (Wildman–Crippen LogP) is 2.49. The summed E-state index contributed by atoms with van der Waals surface area (Å²) in [5.74, 6) is 0.0995. The second kappa shape index (κ2) is 5.72. The number of hydrogen-bond donors (Lipinski definition) is 2. The van der Waals surface area contributed by atoms with Gasteiger partial charge in [-0.1, -0.05) is 30.7 Å². The molecule has 98 valence electrons. The molecule has 1 heterocycles. The number of benzene rings is 1. The maximum atomic E-state index is 12.2. The van der Waals surface area contributed by atoms with Crippen molar-refractivity contribution >= 4 is 17.5 Å². The predicted molar refractivity (Wildman–Crippen MR) is 73.6 cm³/mol. The molecule has 1 aliphatic heterocycles. The molecule has 1 aromatic rings. The van der Waals surface area contributed by atoms with Gasteiger partial charge < -0.3 is 10.6 Å². The molecule has 1 atom stereocenters. The molecule has 0 bridgehead atoms. The van der Waals surface area contributed by atoms with Crippen molar-refractivity contribution in [3.63, 3.8) is 0 Å². The van der Waals surface area contributed by atoms with Crippen LogP contribution in [0, 0.1) is 0 Å². The van der Waals surface area contributed by atoms with Crippen LogP contribution in [0.5, 0.6) is 0 Å². The van der Waals surface area contributed by atoms with Crippen LogP contribution in [0.15, 0.2) is 24.3 Å². The monoisotopic (exact) mass is 266 g/mol. The quantitative estimate of drug-likeness (QED) is 0.879. The van der Waals surface area contributed by atoms with Gasteiger partial charge in [-0.15, -0.1) is 0 Å². The third-order valence-corrected chi connectivity index (χ3v) is 3.86. The van der Waals surface area contributed by atoms with Crippen LogP contribution in [-0.2, 0) is 11.3 Å². The molecule has 2 N–H and O–H groups in total. The zero-order valence-corrected chi connectivity index (χ0v) is 11.4. The third kappa shape index (κ3) is 2.85. The summed E-state index contributed by atoms with van der Waals surface area (Å²) in [7, 11) is 0. The summed E-state index contributed by atoms with van der Waals surface area (Å²) in [6.07, 6.45) is 2.82. The lowest BCUT2D eigenvalue weighted by atomic mass is 9.93. The summed E-state index contributed by atoms with van der Waals surface area (Å²) in [5, 5.41) is 7.03. The molecule has 1 amide bonds. The Hall–Kier alpha value is -1.06. The highest BCUT2D eigenvalue weighted by Gasteiger charge is 2.38. The second-order valence-corrected chi connectivity index (χ2v) is 5.22. The van der Waals surface area contributed by atoms with Gasteiger partial charge in [0.1, 0.15) is 0 Å². The van der Waals surface area contributed by atoms with E-state index in [1.165, 1.54) is 0 Å². The number of nitrogens with one attached hydrogen (secondary N) is 2. The van der Waals surface area contributed by atoms with Gasteiger partial charge in [0.15, 0.2) is 0 Å². The van der Waals surface area contributed by atoms with E-state index < -0.39 is 0 Å². The molecule has 4 heteroatoms. The Balaban J connectivity index is 1.95. The Labute approximate surface area is 113 Å². The van der Waals surface area contributed by atoms with Gasteiger partial charge in [-0.2, -0.15) is 0 Å². The maximum absolute atomic E-state index is 12.2. The molecular formula is C14H19ClN2O. The average Bonchev–Trinajstić information content (AvgIpc) is 2.86. The van der Waals surface area contributed by atoms with Gasteiger partial charge in [-0.25, -0.2) is 0 Å². The smallest absolute Gasteiger partial charge is 0.240 e. The molecule has 0 spiro atoms. The van der Waals surface area contributed by atoms with Crippen LogP contribution in [0.2, 0.25) is 5.02 Å². The highest BCUT2D eigenvalue weighted by atomic mass is 35.5. The van der Waals surface area contributed by atoms with Crippen LogP contribution in [0.3, 0.4) is 0 Å². The zero-order chi connectivity index (χ0) is 13.0. The van der Waals surface area contributed by atoms with Gasteiger partial charge in [0.25, 0.3) is 0 Å². The fourth-order valence-corrected chi connectivity index (χ4v) is 2.67. The van der Waals surface area contributed by atoms with Crippen molar-refractivity contribution in [1.82, 2.24) is 10.6 Å². The van der Waals surface area contributed by atoms with Crippen molar-refractivity contribution in [2.75, 3.05) is 6.54 Å². The molecule has 0 aliphatic carbocycles. The van der Waals surface area contributed by atoms with Crippen molar-refractivity contribution < 1.29 is 4.79 Å². The van der Waals surface area contributed by atoms with Gasteiger partial charge in [0.2, 0.25) is 5.91 Å². The minimum atomic E-state index is -0.363. The molecule has 1 fully saturated rings. The van der Waals surface area contributed by atoms with Gasteiger partial charge in [-0.05, 0) is 43.5 Å². The SMILES string of the molecule is CCC1(C(=O)NCc2cccc(Cl)c2)CCCN1. The van der Waals surface area contributed by atoms with Crippen LogP contribution in [0.25, 0.3) is 0 Å². The topological polar surface area (TPSA) is 41.1 Å². The van der Waals surface area contributed by atoms with Crippen LogP contribution < -0.4 is 10.6 Å². The number of halogens is 1. The Morgan fingerprint density at radius 1 is 1.56 bits per heavy atom. The summed E-state index contributed by atoms with van der Waals surface area (Å²) in [6.45, 7) is 3.51. The lowest BCUT2D eigenvalue weighted by molar-refractivity contribution is -0.127. The van der Waals surface area contributed by atoms with E-state index in [1.54, 1.807) is 0 Å². The molecule has 18 heavy (non-hydrogen) atoms. The molecule has 3 nitrogen and oxygen atoms in total. The Kier molecular flexibility index (Phi) is 4.25. The molecule has 1 unspecified atom stereocenters. The van der Waals surface area contributed by atoms with E-state index in [2.05, 4.69) is 17.6 Å². The highest BCUT2D eigenvalue weighted by Crippen LogP contribution is 2.23. The standard InChI is InChI=1S/C14H19ClN2O/c1-2-14(7-4-8-17-14)13(18)16-10-11-5-3-6-12(15)9-11/h3,5-6,9,17H,2,4,7-8,10H2,1H3,(H,16,18). The van der Waals surface area contributed by atoms with Crippen molar-refractivity contribution in [2.24, 2.45) is 0 Å². The lowest BCUT2D eigenvalue weighted by Crippen LogP contribution is -2.52. The van der Waals surface area contributed by atoms with Crippen molar-refractivity contribution in [3.8, 4) is 0 Å². The van der Waals surface area contributed by atoms with Crippen LogP contribution in [0.1, 0.15) is 31.7 Å². The summed E-state index contributed by atoms with van der Waals surface area (Å²) in [4.78, 5) is 12.2. The minimum Gasteiger partial charge on any atom is -0.350 e. The normalized spacial score (nSPS) is 23.0. The Bertz CT molecular complexity index is 428. The maximum Gasteiger partial charge on any atom is 0.240 e. The van der Waals surface area contributed by atoms with E-state index in [-0.39, 0.29) is 11.4 Å². The van der Waals surface area contributed by atoms with Gasteiger partial charge in [0, 0.05) is 11.6 Å². The first kappa shape index (κ1) is 13.4. The van der Waals surface area contributed by atoms with Crippen LogP contribution in [0.4, 0.5) is 0 Å². The zero-order valence-electron chi connectivity index (χ0n) is 10.6. The van der Waals surface area contributed by atoms with Gasteiger partial charge >= 0.3 is 0 Å². The van der Waals surface area contributed by atoms with E-state index in [4.69, 9.17) is 11.6 Å². The molecular weight excluding hydrogens is 248 g/mol. The number of rotatable bonds is 4. The van der Waals surface area contributed by atoms with Crippen molar-refractivity contribution in [1.29, 1.82) is 0 Å². The van der Waals surface area contributed by atoms with Crippen molar-refractivity contribution in [3.05, 3.63) is 34.9 Å². The fourth-order valence-electron chi connectivity index (χ4n) is 2.46. The number of hydrogen-bond acceptors (Lipinski definition) is 2. The molecule has 1 saturated heterocycles. The molecule has 2 rings (SSSR count). The first-order chi connectivity index (χ1) is 8.66. The summed E-state index contributed by atoms with van der Waals surface area (Å²) < 4.78 is 0. The number of amides is 1. The molecule has 1 aromatic carbocycles.